The number of para-hydroxylation sites is 1. The van der Waals surface area contributed by atoms with Crippen molar-refractivity contribution >= 4 is 50.0 Å². The number of thioether (sulfide) groups is 1. The molecule has 254 valence electrons. The van der Waals surface area contributed by atoms with Gasteiger partial charge >= 0.3 is 12.4 Å². The summed E-state index contributed by atoms with van der Waals surface area (Å²) >= 11 is 1.50. The smallest absolute Gasteiger partial charge is 0.379 e. The SMILES string of the molecule is O=C(NS(=O)(=O)c1ccc(NCCSc2ccccc2)c([N+](=O)[O-])c1)c1ccc(-c2cc(C(F)(F)F)nc3c(C(F)(F)F)cccc23)cc1. The fourth-order valence-electron chi connectivity index (χ4n) is 4.75. The van der Waals surface area contributed by atoms with Gasteiger partial charge in [-0.3, -0.25) is 14.9 Å². The van der Waals surface area contributed by atoms with Gasteiger partial charge in [0.15, 0.2) is 0 Å². The van der Waals surface area contributed by atoms with Crippen molar-refractivity contribution in [3.8, 4) is 11.1 Å². The molecule has 0 fully saturated rings. The van der Waals surface area contributed by atoms with Crippen molar-refractivity contribution in [1.29, 1.82) is 0 Å². The number of nitro benzene ring substituents is 1. The maximum Gasteiger partial charge on any atom is 0.433 e. The van der Waals surface area contributed by atoms with Crippen LogP contribution in [0.1, 0.15) is 21.6 Å². The van der Waals surface area contributed by atoms with E-state index in [1.807, 2.05) is 30.3 Å². The van der Waals surface area contributed by atoms with Crippen LogP contribution in [0.2, 0.25) is 0 Å². The van der Waals surface area contributed by atoms with E-state index in [2.05, 4.69) is 10.3 Å². The maximum absolute atomic E-state index is 13.6. The number of halogens is 6. The number of hydrogen-bond acceptors (Lipinski definition) is 8. The van der Waals surface area contributed by atoms with Gasteiger partial charge in [0.2, 0.25) is 0 Å². The first-order valence-electron chi connectivity index (χ1n) is 14.0. The molecule has 2 N–H and O–H groups in total. The number of alkyl halides is 6. The van der Waals surface area contributed by atoms with E-state index in [4.69, 9.17) is 0 Å². The van der Waals surface area contributed by atoms with Crippen molar-refractivity contribution in [2.75, 3.05) is 17.6 Å². The zero-order chi connectivity index (χ0) is 35.6. The number of fused-ring (bicyclic) bond motifs is 1. The number of sulfonamides is 1. The summed E-state index contributed by atoms with van der Waals surface area (Å²) in [6, 6.07) is 20.2. The molecule has 0 aliphatic carbocycles. The normalized spacial score (nSPS) is 12.1. The highest BCUT2D eigenvalue weighted by molar-refractivity contribution is 7.99. The Labute approximate surface area is 278 Å². The lowest BCUT2D eigenvalue weighted by molar-refractivity contribution is -0.384. The number of aromatic nitrogens is 1. The first kappa shape index (κ1) is 35.2. The van der Waals surface area contributed by atoms with Gasteiger partial charge in [-0.1, -0.05) is 42.5 Å². The van der Waals surface area contributed by atoms with E-state index in [0.717, 1.165) is 47.4 Å². The number of rotatable bonds is 10. The molecule has 0 spiro atoms. The van der Waals surface area contributed by atoms with Gasteiger partial charge in [-0.25, -0.2) is 18.1 Å². The molecule has 9 nitrogen and oxygen atoms in total. The molecule has 0 aliphatic heterocycles. The molecule has 49 heavy (non-hydrogen) atoms. The molecule has 4 aromatic carbocycles. The standard InChI is InChI=1S/C32H22F6N4O5S2/c33-31(34,35)25-8-4-7-23-24(18-28(32(36,37)38)40-29(23)25)19-9-11-20(12-10-19)30(43)41-49(46,47)22-13-14-26(27(17-22)42(44)45)39-15-16-48-21-5-2-1-3-6-21/h1-14,17-18,39H,15-16H2,(H,41,43). The number of benzene rings is 4. The fraction of sp³-hybridized carbons (Fsp3) is 0.125. The molecule has 0 radical (unpaired) electrons. The molecule has 5 aromatic rings. The molecule has 1 amide bonds. The summed E-state index contributed by atoms with van der Waals surface area (Å²) in [6.45, 7) is 0.315. The van der Waals surface area contributed by atoms with Crippen molar-refractivity contribution < 1.29 is 44.5 Å². The second-order valence-electron chi connectivity index (χ2n) is 10.3. The van der Waals surface area contributed by atoms with Gasteiger partial charge in [-0.2, -0.15) is 26.3 Å². The topological polar surface area (TPSA) is 131 Å². The van der Waals surface area contributed by atoms with Crippen LogP contribution in [-0.2, 0) is 22.4 Å². The van der Waals surface area contributed by atoms with E-state index in [0.29, 0.717) is 24.4 Å². The molecule has 5 rings (SSSR count). The van der Waals surface area contributed by atoms with Gasteiger partial charge in [0, 0.05) is 34.2 Å². The van der Waals surface area contributed by atoms with Crippen LogP contribution in [0.4, 0.5) is 37.7 Å². The van der Waals surface area contributed by atoms with Crippen molar-refractivity contribution in [2.24, 2.45) is 0 Å². The van der Waals surface area contributed by atoms with Gasteiger partial charge in [0.25, 0.3) is 21.6 Å². The van der Waals surface area contributed by atoms with Crippen molar-refractivity contribution in [3.63, 3.8) is 0 Å². The van der Waals surface area contributed by atoms with Crippen LogP contribution >= 0.6 is 11.8 Å². The maximum atomic E-state index is 13.6. The Hall–Kier alpha value is -5.16. The quantitative estimate of drug-likeness (QED) is 0.0486. The molecule has 0 bridgehead atoms. The Balaban J connectivity index is 1.36. The lowest BCUT2D eigenvalue weighted by Crippen LogP contribution is -2.30. The monoisotopic (exact) mass is 720 g/mol. The number of nitrogens with zero attached hydrogens (tertiary/aromatic N) is 2. The zero-order valence-corrected chi connectivity index (χ0v) is 26.3. The summed E-state index contributed by atoms with van der Waals surface area (Å²) in [5, 5.41) is 14.4. The molecule has 0 saturated heterocycles. The lowest BCUT2D eigenvalue weighted by atomic mass is 9.97. The Bertz CT molecular complexity index is 2140. The number of pyridine rings is 1. The third-order valence-electron chi connectivity index (χ3n) is 7.03. The second kappa shape index (κ2) is 13.8. The number of hydrogen-bond donors (Lipinski definition) is 2. The van der Waals surface area contributed by atoms with Crippen LogP contribution < -0.4 is 10.0 Å². The summed E-state index contributed by atoms with van der Waals surface area (Å²) in [6.07, 6.45) is -10.1. The minimum atomic E-state index is -5.08. The molecule has 1 heterocycles. The van der Waals surface area contributed by atoms with Crippen molar-refractivity contribution in [2.45, 2.75) is 22.1 Å². The Morgan fingerprint density at radius 1 is 0.857 bits per heavy atom. The van der Waals surface area contributed by atoms with E-state index in [1.165, 1.54) is 23.9 Å². The largest absolute Gasteiger partial charge is 0.433 e. The predicted molar refractivity (Wildman–Crippen MR) is 171 cm³/mol. The number of nitro groups is 1. The van der Waals surface area contributed by atoms with Gasteiger partial charge in [-0.15, -0.1) is 11.8 Å². The van der Waals surface area contributed by atoms with Crippen molar-refractivity contribution in [3.05, 3.63) is 124 Å². The summed E-state index contributed by atoms with van der Waals surface area (Å²) < 4.78 is 110. The van der Waals surface area contributed by atoms with E-state index >= 15 is 0 Å². The van der Waals surface area contributed by atoms with Crippen LogP contribution in [0.3, 0.4) is 0 Å². The van der Waals surface area contributed by atoms with E-state index in [1.54, 1.807) is 4.72 Å². The summed E-state index contributed by atoms with van der Waals surface area (Å²) in [5.74, 6) is -0.629. The first-order chi connectivity index (χ1) is 23.0. The fourth-order valence-corrected chi connectivity index (χ4v) is 6.54. The average Bonchev–Trinajstić information content (AvgIpc) is 3.05. The van der Waals surface area contributed by atoms with Crippen molar-refractivity contribution in [1.82, 2.24) is 9.71 Å². The molecular formula is C32H22F6N4O5S2. The van der Waals surface area contributed by atoms with Gasteiger partial charge in [0.05, 0.1) is 20.9 Å². The number of nitrogens with one attached hydrogen (secondary N) is 2. The first-order valence-corrected chi connectivity index (χ1v) is 16.5. The summed E-state index contributed by atoms with van der Waals surface area (Å²) in [5.41, 5.74) is -4.92. The Morgan fingerprint density at radius 2 is 1.55 bits per heavy atom. The van der Waals surface area contributed by atoms with E-state index < -0.39 is 60.6 Å². The highest BCUT2D eigenvalue weighted by Gasteiger charge is 2.37. The number of anilines is 1. The highest BCUT2D eigenvalue weighted by atomic mass is 32.2. The summed E-state index contributed by atoms with van der Waals surface area (Å²) in [4.78, 5) is 27.5. The van der Waals surface area contributed by atoms with Gasteiger partial charge in [-0.05, 0) is 59.7 Å². The van der Waals surface area contributed by atoms with Gasteiger partial charge < -0.3 is 5.32 Å². The lowest BCUT2D eigenvalue weighted by Gasteiger charge is -2.16. The molecule has 17 heteroatoms. The van der Waals surface area contributed by atoms with E-state index in [-0.39, 0.29) is 27.8 Å². The number of carbonyl (C=O) groups is 1. The van der Waals surface area contributed by atoms with Crippen LogP contribution in [0, 0.1) is 10.1 Å². The molecular weight excluding hydrogens is 698 g/mol. The third-order valence-corrected chi connectivity index (χ3v) is 9.37. The molecule has 0 atom stereocenters. The highest BCUT2D eigenvalue weighted by Crippen LogP contribution is 2.40. The van der Waals surface area contributed by atoms with Crippen LogP contribution in [-0.4, -0.2) is 36.5 Å². The Kier molecular flexibility index (Phi) is 9.87. The minimum Gasteiger partial charge on any atom is -0.379 e. The average molecular weight is 721 g/mol. The summed E-state index contributed by atoms with van der Waals surface area (Å²) in [7, 11) is -4.65. The Morgan fingerprint density at radius 3 is 2.18 bits per heavy atom. The molecule has 0 aliphatic rings. The van der Waals surface area contributed by atoms with Crippen LogP contribution in [0.25, 0.3) is 22.0 Å². The third kappa shape index (κ3) is 8.11. The number of carbonyl (C=O) groups excluding carboxylic acids is 1. The molecule has 0 saturated carbocycles. The van der Waals surface area contributed by atoms with Crippen LogP contribution in [0.15, 0.2) is 107 Å². The second-order valence-corrected chi connectivity index (χ2v) is 13.1. The number of amides is 1. The molecule has 1 aromatic heterocycles. The van der Waals surface area contributed by atoms with Crippen LogP contribution in [0.5, 0.6) is 0 Å². The zero-order valence-electron chi connectivity index (χ0n) is 24.7. The van der Waals surface area contributed by atoms with Gasteiger partial charge in [0.1, 0.15) is 11.4 Å². The predicted octanol–water partition coefficient (Wildman–Crippen LogP) is 8.17. The minimum absolute atomic E-state index is 0.0162. The van der Waals surface area contributed by atoms with E-state index in [9.17, 15) is 49.7 Å². The molecule has 0 unspecified atom stereocenters.